The lowest BCUT2D eigenvalue weighted by atomic mass is 10.1. The fourth-order valence-electron chi connectivity index (χ4n) is 1.37. The Labute approximate surface area is 86.0 Å². The van der Waals surface area contributed by atoms with Crippen LogP contribution in [-0.2, 0) is 0 Å². The van der Waals surface area contributed by atoms with E-state index in [1.165, 1.54) is 11.3 Å². The minimum absolute atomic E-state index is 0.0254. The molecule has 2 rings (SSSR count). The highest BCUT2D eigenvalue weighted by Crippen LogP contribution is 2.15. The number of hydrogen-bond acceptors (Lipinski definition) is 3. The number of hydrogen-bond donors (Lipinski definition) is 0. The van der Waals surface area contributed by atoms with Crippen LogP contribution in [0.5, 0.6) is 0 Å². The van der Waals surface area contributed by atoms with Gasteiger partial charge in [0.05, 0.1) is 5.69 Å². The first-order valence-corrected chi connectivity index (χ1v) is 5.45. The summed E-state index contributed by atoms with van der Waals surface area (Å²) in [5.41, 5.74) is 1.85. The average molecular weight is 208 g/mol. The van der Waals surface area contributed by atoms with Crippen LogP contribution in [0.3, 0.4) is 0 Å². The Morgan fingerprint density at radius 3 is 2.86 bits per heavy atom. The second kappa shape index (κ2) is 3.20. The topological polar surface area (TPSA) is 34.4 Å². The van der Waals surface area contributed by atoms with Crippen molar-refractivity contribution in [2.45, 2.75) is 26.7 Å². The quantitative estimate of drug-likeness (QED) is 0.720. The van der Waals surface area contributed by atoms with Crippen LogP contribution >= 0.6 is 11.3 Å². The van der Waals surface area contributed by atoms with E-state index in [1.807, 2.05) is 26.2 Å². The summed E-state index contributed by atoms with van der Waals surface area (Å²) in [4.78, 5) is 16.9. The normalized spacial score (nSPS) is 11.4. The summed E-state index contributed by atoms with van der Waals surface area (Å²) in [6.45, 7) is 6.00. The van der Waals surface area contributed by atoms with Gasteiger partial charge in [-0.1, -0.05) is 13.8 Å². The minimum Gasteiger partial charge on any atom is -0.269 e. The van der Waals surface area contributed by atoms with Crippen LogP contribution in [-0.4, -0.2) is 9.38 Å². The zero-order valence-corrected chi connectivity index (χ0v) is 9.26. The molecule has 0 radical (unpaired) electrons. The zero-order valence-electron chi connectivity index (χ0n) is 8.44. The molecule has 0 aliphatic carbocycles. The van der Waals surface area contributed by atoms with Gasteiger partial charge in [0.2, 0.25) is 0 Å². The third kappa shape index (κ3) is 1.35. The maximum atomic E-state index is 11.7. The van der Waals surface area contributed by atoms with Crippen molar-refractivity contribution in [3.63, 3.8) is 0 Å². The van der Waals surface area contributed by atoms with Gasteiger partial charge in [0, 0.05) is 17.1 Å². The third-order valence-electron chi connectivity index (χ3n) is 2.19. The Hall–Kier alpha value is -1.16. The van der Waals surface area contributed by atoms with Crippen LogP contribution in [0.1, 0.15) is 31.2 Å². The van der Waals surface area contributed by atoms with Gasteiger partial charge < -0.3 is 0 Å². The molecule has 2 heterocycles. The monoisotopic (exact) mass is 208 g/mol. The number of aryl methyl sites for hydroxylation is 1. The van der Waals surface area contributed by atoms with Crippen LogP contribution < -0.4 is 5.56 Å². The summed E-state index contributed by atoms with van der Waals surface area (Å²) >= 11 is 1.51. The van der Waals surface area contributed by atoms with Crippen molar-refractivity contribution in [1.82, 2.24) is 9.38 Å². The molecule has 0 saturated heterocycles. The van der Waals surface area contributed by atoms with Gasteiger partial charge in [-0.2, -0.15) is 0 Å². The Kier molecular flexibility index (Phi) is 2.15. The molecule has 0 N–H and O–H groups in total. The maximum absolute atomic E-state index is 11.7. The SMILES string of the molecule is Cc1csc2nc(C(C)C)cc(=O)n12. The molecule has 0 aliphatic heterocycles. The Morgan fingerprint density at radius 2 is 2.21 bits per heavy atom. The molecule has 0 aliphatic rings. The molecule has 74 valence electrons. The van der Waals surface area contributed by atoms with Gasteiger partial charge in [0.1, 0.15) is 0 Å². The first kappa shape index (κ1) is 9.40. The van der Waals surface area contributed by atoms with Crippen molar-refractivity contribution in [3.05, 3.63) is 33.2 Å². The Bertz CT molecular complexity index is 524. The van der Waals surface area contributed by atoms with E-state index < -0.39 is 0 Å². The van der Waals surface area contributed by atoms with E-state index >= 15 is 0 Å². The summed E-state index contributed by atoms with van der Waals surface area (Å²) in [5.74, 6) is 0.301. The van der Waals surface area contributed by atoms with Crippen molar-refractivity contribution >= 4 is 16.3 Å². The fourth-order valence-corrected chi connectivity index (χ4v) is 2.25. The maximum Gasteiger partial charge on any atom is 0.258 e. The highest BCUT2D eigenvalue weighted by atomic mass is 32.1. The second-order valence-electron chi connectivity index (χ2n) is 3.67. The predicted octanol–water partition coefficient (Wildman–Crippen LogP) is 2.19. The van der Waals surface area contributed by atoms with Crippen LogP contribution in [0.2, 0.25) is 0 Å². The zero-order chi connectivity index (χ0) is 10.3. The molecule has 0 amide bonds. The lowest BCUT2D eigenvalue weighted by molar-refractivity contribution is 0.813. The largest absolute Gasteiger partial charge is 0.269 e. The number of nitrogens with zero attached hydrogens (tertiary/aromatic N) is 2. The second-order valence-corrected chi connectivity index (χ2v) is 4.51. The van der Waals surface area contributed by atoms with Crippen molar-refractivity contribution in [1.29, 1.82) is 0 Å². The van der Waals surface area contributed by atoms with Crippen LogP contribution in [0.15, 0.2) is 16.2 Å². The standard InChI is InChI=1S/C10H12N2OS/c1-6(2)8-4-9(13)12-7(3)5-14-10(12)11-8/h4-6H,1-3H3. The van der Waals surface area contributed by atoms with E-state index in [0.29, 0.717) is 5.92 Å². The molecule has 0 aromatic carbocycles. The summed E-state index contributed by atoms with van der Waals surface area (Å²) in [6, 6.07) is 1.62. The molecule has 14 heavy (non-hydrogen) atoms. The van der Waals surface area contributed by atoms with E-state index in [0.717, 1.165) is 16.3 Å². The van der Waals surface area contributed by atoms with Crippen molar-refractivity contribution in [3.8, 4) is 0 Å². The molecule has 0 bridgehead atoms. The number of thiazole rings is 1. The van der Waals surface area contributed by atoms with Crippen LogP contribution in [0.4, 0.5) is 0 Å². The van der Waals surface area contributed by atoms with E-state index in [1.54, 1.807) is 10.5 Å². The lowest BCUT2D eigenvalue weighted by Crippen LogP contribution is -2.15. The lowest BCUT2D eigenvalue weighted by Gasteiger charge is -2.03. The molecule has 0 atom stereocenters. The summed E-state index contributed by atoms with van der Waals surface area (Å²) in [6.07, 6.45) is 0. The smallest absolute Gasteiger partial charge is 0.258 e. The highest BCUT2D eigenvalue weighted by molar-refractivity contribution is 7.15. The van der Waals surface area contributed by atoms with Gasteiger partial charge in [-0.25, -0.2) is 4.98 Å². The third-order valence-corrected chi connectivity index (χ3v) is 3.13. The fraction of sp³-hybridized carbons (Fsp3) is 0.400. The number of rotatable bonds is 1. The molecule has 0 saturated carbocycles. The number of aromatic nitrogens is 2. The minimum atomic E-state index is 0.0254. The van der Waals surface area contributed by atoms with Gasteiger partial charge in [0.15, 0.2) is 4.96 Å². The van der Waals surface area contributed by atoms with Crippen LogP contribution in [0.25, 0.3) is 4.96 Å². The molecular formula is C10H12N2OS. The average Bonchev–Trinajstić information content (AvgIpc) is 2.48. The number of fused-ring (bicyclic) bond motifs is 1. The molecule has 0 unspecified atom stereocenters. The molecule has 2 aromatic rings. The van der Waals surface area contributed by atoms with Crippen LogP contribution in [0, 0.1) is 6.92 Å². The first-order valence-electron chi connectivity index (χ1n) is 4.57. The van der Waals surface area contributed by atoms with E-state index in [4.69, 9.17) is 0 Å². The molecular weight excluding hydrogens is 196 g/mol. The molecule has 2 aromatic heterocycles. The summed E-state index contributed by atoms with van der Waals surface area (Å²) < 4.78 is 1.65. The first-order chi connectivity index (χ1) is 6.59. The van der Waals surface area contributed by atoms with E-state index in [-0.39, 0.29) is 5.56 Å². The van der Waals surface area contributed by atoms with Crippen molar-refractivity contribution in [2.24, 2.45) is 0 Å². The van der Waals surface area contributed by atoms with Gasteiger partial charge >= 0.3 is 0 Å². The van der Waals surface area contributed by atoms with E-state index in [2.05, 4.69) is 4.98 Å². The summed E-state index contributed by atoms with van der Waals surface area (Å²) in [7, 11) is 0. The van der Waals surface area contributed by atoms with Gasteiger partial charge in [-0.3, -0.25) is 9.20 Å². The Balaban J connectivity index is 2.81. The van der Waals surface area contributed by atoms with Gasteiger partial charge in [-0.15, -0.1) is 11.3 Å². The van der Waals surface area contributed by atoms with E-state index in [9.17, 15) is 4.79 Å². The molecule has 4 heteroatoms. The molecule has 3 nitrogen and oxygen atoms in total. The highest BCUT2D eigenvalue weighted by Gasteiger charge is 2.08. The van der Waals surface area contributed by atoms with Crippen molar-refractivity contribution in [2.75, 3.05) is 0 Å². The summed E-state index contributed by atoms with van der Waals surface area (Å²) in [5, 5.41) is 1.95. The van der Waals surface area contributed by atoms with Gasteiger partial charge in [0.25, 0.3) is 5.56 Å². The molecule has 0 fully saturated rings. The Morgan fingerprint density at radius 1 is 1.50 bits per heavy atom. The van der Waals surface area contributed by atoms with Gasteiger partial charge in [-0.05, 0) is 12.8 Å². The predicted molar refractivity (Wildman–Crippen MR) is 58.2 cm³/mol. The van der Waals surface area contributed by atoms with Crippen molar-refractivity contribution < 1.29 is 0 Å². The molecule has 0 spiro atoms.